The first kappa shape index (κ1) is 16.4. The van der Waals surface area contributed by atoms with Crippen LogP contribution in [-0.2, 0) is 21.5 Å². The molecule has 5 heteroatoms. The number of piperidine rings is 1. The van der Waals surface area contributed by atoms with Crippen molar-refractivity contribution in [3.63, 3.8) is 0 Å². The number of hydrogen-bond donors (Lipinski definition) is 0. The summed E-state index contributed by atoms with van der Waals surface area (Å²) in [7, 11) is 0. The molecule has 1 unspecified atom stereocenters. The summed E-state index contributed by atoms with van der Waals surface area (Å²) < 4.78 is 5.21. The highest BCUT2D eigenvalue weighted by Crippen LogP contribution is 2.27. The number of rotatable bonds is 4. The minimum absolute atomic E-state index is 0.0801. The van der Waals surface area contributed by atoms with Gasteiger partial charge in [-0.15, -0.1) is 11.3 Å². The maximum atomic E-state index is 12.1. The summed E-state index contributed by atoms with van der Waals surface area (Å²) in [6.07, 6.45) is 3.14. The van der Waals surface area contributed by atoms with Crippen LogP contribution in [0.4, 0.5) is 0 Å². The van der Waals surface area contributed by atoms with Crippen LogP contribution in [0.15, 0.2) is 5.38 Å². The Hall–Kier alpha value is -0.940. The number of hydrogen-bond acceptors (Lipinski definition) is 5. The minimum atomic E-state index is -0.0986. The van der Waals surface area contributed by atoms with Gasteiger partial charge < -0.3 is 4.74 Å². The Bertz CT molecular complexity index is 479. The van der Waals surface area contributed by atoms with E-state index in [1.54, 1.807) is 11.3 Å². The highest BCUT2D eigenvalue weighted by Gasteiger charge is 2.30. The summed E-state index contributed by atoms with van der Waals surface area (Å²) in [5.74, 6) is -0.0801. The molecule has 21 heavy (non-hydrogen) atoms. The zero-order valence-corrected chi connectivity index (χ0v) is 14.3. The number of nitrogens with zero attached hydrogens (tertiary/aromatic N) is 2. The van der Waals surface area contributed by atoms with E-state index in [2.05, 4.69) is 31.1 Å². The Morgan fingerprint density at radius 1 is 1.48 bits per heavy atom. The van der Waals surface area contributed by atoms with E-state index in [1.165, 1.54) is 0 Å². The minimum Gasteiger partial charge on any atom is -0.465 e. The highest BCUT2D eigenvalue weighted by molar-refractivity contribution is 7.09. The van der Waals surface area contributed by atoms with E-state index >= 15 is 0 Å². The van der Waals surface area contributed by atoms with Gasteiger partial charge in [-0.2, -0.15) is 0 Å². The largest absolute Gasteiger partial charge is 0.465 e. The van der Waals surface area contributed by atoms with Crippen LogP contribution in [0.5, 0.6) is 0 Å². The standard InChI is InChI=1S/C16H26N2O2S/c1-5-20-14(19)13-8-6-7-9-18(13)10-12-11-21-15(17-12)16(2,3)4/h11,13H,5-10H2,1-4H3. The summed E-state index contributed by atoms with van der Waals surface area (Å²) in [6, 6.07) is -0.0986. The molecule has 1 aliphatic heterocycles. The normalized spacial score (nSPS) is 20.5. The van der Waals surface area contributed by atoms with Crippen molar-refractivity contribution in [2.45, 2.75) is 65.0 Å². The molecule has 0 bridgehead atoms. The van der Waals surface area contributed by atoms with Crippen LogP contribution in [0.3, 0.4) is 0 Å². The van der Waals surface area contributed by atoms with Gasteiger partial charge in [-0.3, -0.25) is 9.69 Å². The Labute approximate surface area is 131 Å². The molecule has 2 heterocycles. The molecule has 2 rings (SSSR count). The molecule has 118 valence electrons. The van der Waals surface area contributed by atoms with Crippen LogP contribution in [0.25, 0.3) is 0 Å². The summed E-state index contributed by atoms with van der Waals surface area (Å²) in [5, 5.41) is 3.28. The molecular weight excluding hydrogens is 284 g/mol. The average Bonchev–Trinajstić information content (AvgIpc) is 2.88. The van der Waals surface area contributed by atoms with E-state index in [1.807, 2.05) is 6.92 Å². The number of likely N-dealkylation sites (tertiary alicyclic amines) is 1. The second-order valence-electron chi connectivity index (χ2n) is 6.63. The molecule has 0 spiro atoms. The molecular formula is C16H26N2O2S. The predicted molar refractivity (Wildman–Crippen MR) is 85.5 cm³/mol. The molecule has 1 atom stereocenters. The molecule has 1 fully saturated rings. The van der Waals surface area contributed by atoms with Crippen molar-refractivity contribution in [3.8, 4) is 0 Å². The first-order valence-corrected chi connectivity index (χ1v) is 8.65. The van der Waals surface area contributed by atoms with Crippen molar-refractivity contribution in [2.75, 3.05) is 13.2 Å². The lowest BCUT2D eigenvalue weighted by Gasteiger charge is -2.33. The number of aromatic nitrogens is 1. The molecule has 0 saturated carbocycles. The van der Waals surface area contributed by atoms with E-state index < -0.39 is 0 Å². The molecule has 4 nitrogen and oxygen atoms in total. The SMILES string of the molecule is CCOC(=O)C1CCCCN1Cc1csc(C(C)(C)C)n1. The fourth-order valence-electron chi connectivity index (χ4n) is 2.62. The summed E-state index contributed by atoms with van der Waals surface area (Å²) >= 11 is 1.71. The average molecular weight is 310 g/mol. The summed E-state index contributed by atoms with van der Waals surface area (Å²) in [5.41, 5.74) is 1.16. The van der Waals surface area contributed by atoms with Crippen molar-refractivity contribution < 1.29 is 9.53 Å². The molecule has 1 aromatic rings. The predicted octanol–water partition coefficient (Wildman–Crippen LogP) is 3.36. The topological polar surface area (TPSA) is 42.4 Å². The second-order valence-corrected chi connectivity index (χ2v) is 7.49. The van der Waals surface area contributed by atoms with Crippen LogP contribution in [-0.4, -0.2) is 35.0 Å². The van der Waals surface area contributed by atoms with Gasteiger partial charge in [0.1, 0.15) is 6.04 Å². The number of ether oxygens (including phenoxy) is 1. The maximum absolute atomic E-state index is 12.1. The molecule has 1 aliphatic rings. The molecule has 0 amide bonds. The third-order valence-corrected chi connectivity index (χ3v) is 5.05. The van der Waals surface area contributed by atoms with Crippen molar-refractivity contribution >= 4 is 17.3 Å². The smallest absolute Gasteiger partial charge is 0.323 e. The first-order chi connectivity index (χ1) is 9.91. The van der Waals surface area contributed by atoms with Crippen LogP contribution in [0, 0.1) is 0 Å². The second kappa shape index (κ2) is 6.88. The lowest BCUT2D eigenvalue weighted by atomic mass is 9.98. The fourth-order valence-corrected chi connectivity index (χ4v) is 3.52. The molecule has 0 radical (unpaired) electrons. The maximum Gasteiger partial charge on any atom is 0.323 e. The Balaban J connectivity index is 2.05. The van der Waals surface area contributed by atoms with E-state index in [0.29, 0.717) is 6.61 Å². The van der Waals surface area contributed by atoms with Gasteiger partial charge in [-0.25, -0.2) is 4.98 Å². The van der Waals surface area contributed by atoms with Gasteiger partial charge in [0.05, 0.1) is 17.3 Å². The third-order valence-electron chi connectivity index (χ3n) is 3.73. The number of thiazole rings is 1. The van der Waals surface area contributed by atoms with Crippen LogP contribution in [0.2, 0.25) is 0 Å². The molecule has 0 aromatic carbocycles. The highest BCUT2D eigenvalue weighted by atomic mass is 32.1. The third kappa shape index (κ3) is 4.27. The van der Waals surface area contributed by atoms with Crippen molar-refractivity contribution in [1.82, 2.24) is 9.88 Å². The van der Waals surface area contributed by atoms with Gasteiger partial charge in [0.2, 0.25) is 0 Å². The van der Waals surface area contributed by atoms with E-state index in [9.17, 15) is 4.79 Å². The molecule has 1 saturated heterocycles. The van der Waals surface area contributed by atoms with Crippen LogP contribution in [0.1, 0.15) is 57.7 Å². The Morgan fingerprint density at radius 2 is 2.24 bits per heavy atom. The summed E-state index contributed by atoms with van der Waals surface area (Å²) in [6.45, 7) is 10.5. The Kier molecular flexibility index (Phi) is 5.38. The van der Waals surface area contributed by atoms with Crippen molar-refractivity contribution in [2.24, 2.45) is 0 Å². The lowest BCUT2D eigenvalue weighted by molar-refractivity contribution is -0.151. The quantitative estimate of drug-likeness (QED) is 0.800. The fraction of sp³-hybridized carbons (Fsp3) is 0.750. The number of esters is 1. The number of carbonyl (C=O) groups excluding carboxylic acids is 1. The van der Waals surface area contributed by atoms with Gasteiger partial charge in [0, 0.05) is 17.3 Å². The van der Waals surface area contributed by atoms with Gasteiger partial charge >= 0.3 is 5.97 Å². The van der Waals surface area contributed by atoms with E-state index in [4.69, 9.17) is 9.72 Å². The first-order valence-electron chi connectivity index (χ1n) is 7.77. The molecule has 0 N–H and O–H groups in total. The van der Waals surface area contributed by atoms with Crippen molar-refractivity contribution in [3.05, 3.63) is 16.1 Å². The van der Waals surface area contributed by atoms with Gasteiger partial charge in [0.15, 0.2) is 0 Å². The summed E-state index contributed by atoms with van der Waals surface area (Å²) in [4.78, 5) is 19.0. The van der Waals surface area contributed by atoms with Gasteiger partial charge in [-0.1, -0.05) is 27.2 Å². The van der Waals surface area contributed by atoms with Gasteiger partial charge in [-0.05, 0) is 26.3 Å². The van der Waals surface area contributed by atoms with Gasteiger partial charge in [0.25, 0.3) is 0 Å². The monoisotopic (exact) mass is 310 g/mol. The van der Waals surface area contributed by atoms with Crippen molar-refractivity contribution in [1.29, 1.82) is 0 Å². The van der Waals surface area contributed by atoms with E-state index in [-0.39, 0.29) is 17.4 Å². The molecule has 1 aromatic heterocycles. The number of carbonyl (C=O) groups is 1. The van der Waals surface area contributed by atoms with Crippen LogP contribution < -0.4 is 0 Å². The lowest BCUT2D eigenvalue weighted by Crippen LogP contribution is -2.45. The molecule has 0 aliphatic carbocycles. The van der Waals surface area contributed by atoms with E-state index in [0.717, 1.165) is 43.1 Å². The zero-order valence-electron chi connectivity index (χ0n) is 13.5. The van der Waals surface area contributed by atoms with Crippen LogP contribution >= 0.6 is 11.3 Å². The Morgan fingerprint density at radius 3 is 2.86 bits per heavy atom. The zero-order chi connectivity index (χ0) is 15.5.